The van der Waals surface area contributed by atoms with E-state index in [9.17, 15) is 8.42 Å². The highest BCUT2D eigenvalue weighted by atomic mass is 32.2. The number of sulfonamides is 1. The summed E-state index contributed by atoms with van der Waals surface area (Å²) >= 11 is 1.72. The van der Waals surface area contributed by atoms with Crippen molar-refractivity contribution in [3.63, 3.8) is 0 Å². The fourth-order valence-corrected chi connectivity index (χ4v) is 2.52. The topological polar surface area (TPSA) is 83.4 Å². The summed E-state index contributed by atoms with van der Waals surface area (Å²) in [5, 5.41) is 2.93. The second-order valence-corrected chi connectivity index (χ2v) is 6.60. The molecule has 1 rings (SSSR count). The van der Waals surface area contributed by atoms with Gasteiger partial charge < -0.3 is 5.32 Å². The maximum absolute atomic E-state index is 11.0. The second kappa shape index (κ2) is 8.00. The number of nitrogens with one attached hydrogen (secondary N) is 2. The zero-order valence-electron chi connectivity index (χ0n) is 11.0. The molecule has 0 fully saturated rings. The van der Waals surface area contributed by atoms with Crippen molar-refractivity contribution in [2.75, 3.05) is 25.6 Å². The molecule has 0 aliphatic heterocycles. The Morgan fingerprint density at radius 2 is 2.26 bits per heavy atom. The lowest BCUT2D eigenvalue weighted by Gasteiger charge is -2.09. The van der Waals surface area contributed by atoms with Crippen molar-refractivity contribution >= 4 is 27.7 Å². The Hall–Kier alpha value is -1.28. The summed E-state index contributed by atoms with van der Waals surface area (Å²) in [5.41, 5.74) is 1.03. The van der Waals surface area contributed by atoms with Crippen molar-refractivity contribution < 1.29 is 8.42 Å². The lowest BCUT2D eigenvalue weighted by atomic mass is 10.4. The van der Waals surface area contributed by atoms with Crippen molar-refractivity contribution in [2.24, 2.45) is 4.99 Å². The van der Waals surface area contributed by atoms with E-state index in [2.05, 4.69) is 20.0 Å². The molecule has 1 aromatic rings. The summed E-state index contributed by atoms with van der Waals surface area (Å²) < 4.78 is 24.4. The molecule has 1 heterocycles. The zero-order chi connectivity index (χ0) is 14.1. The first-order valence-electron chi connectivity index (χ1n) is 5.67. The van der Waals surface area contributed by atoms with Crippen LogP contribution in [-0.4, -0.2) is 45.0 Å². The van der Waals surface area contributed by atoms with Crippen LogP contribution in [0, 0.1) is 0 Å². The number of aromatic nitrogens is 1. The van der Waals surface area contributed by atoms with Gasteiger partial charge in [0.25, 0.3) is 0 Å². The largest absolute Gasteiger partial charge is 0.355 e. The monoisotopic (exact) mass is 302 g/mol. The smallest absolute Gasteiger partial charge is 0.232 e. The maximum Gasteiger partial charge on any atom is 0.232 e. The molecule has 106 valence electrons. The van der Waals surface area contributed by atoms with Crippen LogP contribution in [0.5, 0.6) is 0 Å². The van der Waals surface area contributed by atoms with Crippen molar-refractivity contribution in [3.05, 3.63) is 30.1 Å². The Morgan fingerprint density at radius 1 is 1.47 bits per heavy atom. The lowest BCUT2D eigenvalue weighted by Crippen LogP contribution is -2.41. The number of thioether (sulfide) groups is 1. The number of hydrogen-bond donors (Lipinski definition) is 2. The average molecular weight is 302 g/mol. The molecule has 0 radical (unpaired) electrons. The minimum absolute atomic E-state index is 0.265. The van der Waals surface area contributed by atoms with Gasteiger partial charge in [-0.1, -0.05) is 6.07 Å². The Kier molecular flexibility index (Phi) is 6.65. The van der Waals surface area contributed by atoms with Gasteiger partial charge in [0.05, 0.1) is 11.9 Å². The highest BCUT2D eigenvalue weighted by Gasteiger charge is 2.04. The van der Waals surface area contributed by atoms with E-state index < -0.39 is 10.0 Å². The van der Waals surface area contributed by atoms with E-state index in [4.69, 9.17) is 0 Å². The van der Waals surface area contributed by atoms with Gasteiger partial charge in [-0.2, -0.15) is 11.8 Å². The molecule has 8 heteroatoms. The van der Waals surface area contributed by atoms with Gasteiger partial charge >= 0.3 is 0 Å². The summed E-state index contributed by atoms with van der Waals surface area (Å²) in [7, 11) is -1.75. The van der Waals surface area contributed by atoms with Crippen LogP contribution in [0.3, 0.4) is 0 Å². The number of hydrogen-bond acceptors (Lipinski definition) is 5. The fraction of sp³-hybridized carbons (Fsp3) is 0.455. The molecule has 0 atom stereocenters. The number of rotatable bonds is 6. The SMILES string of the molecule is CN=C(NCCSCc1ccccn1)NS(C)(=O)=O. The third-order valence-corrected chi connectivity index (χ3v) is 3.58. The molecule has 0 unspecified atom stereocenters. The van der Waals surface area contributed by atoms with Crippen LogP contribution in [0.1, 0.15) is 5.69 Å². The van der Waals surface area contributed by atoms with Crippen LogP contribution in [0.25, 0.3) is 0 Å². The van der Waals surface area contributed by atoms with Crippen molar-refractivity contribution in [1.29, 1.82) is 0 Å². The normalized spacial score (nSPS) is 12.2. The van der Waals surface area contributed by atoms with E-state index in [1.54, 1.807) is 18.0 Å². The Morgan fingerprint density at radius 3 is 2.84 bits per heavy atom. The van der Waals surface area contributed by atoms with Gasteiger partial charge in [-0.15, -0.1) is 0 Å². The molecule has 0 bridgehead atoms. The Balaban J connectivity index is 2.20. The van der Waals surface area contributed by atoms with Gasteiger partial charge in [0, 0.05) is 31.3 Å². The second-order valence-electron chi connectivity index (χ2n) is 3.75. The third-order valence-electron chi connectivity index (χ3n) is 2.02. The molecule has 6 nitrogen and oxygen atoms in total. The minimum atomic E-state index is -3.28. The predicted octanol–water partition coefficient (Wildman–Crippen LogP) is 0.439. The van der Waals surface area contributed by atoms with E-state index in [1.165, 1.54) is 7.05 Å². The molecule has 0 saturated carbocycles. The van der Waals surface area contributed by atoms with E-state index >= 15 is 0 Å². The van der Waals surface area contributed by atoms with Crippen LogP contribution < -0.4 is 10.0 Å². The summed E-state index contributed by atoms with van der Waals surface area (Å²) in [4.78, 5) is 8.04. The van der Waals surface area contributed by atoms with E-state index in [0.29, 0.717) is 6.54 Å². The first kappa shape index (κ1) is 15.8. The van der Waals surface area contributed by atoms with Gasteiger partial charge in [0.1, 0.15) is 0 Å². The van der Waals surface area contributed by atoms with Crippen LogP contribution in [0.4, 0.5) is 0 Å². The molecule has 0 spiro atoms. The van der Waals surface area contributed by atoms with Crippen LogP contribution in [0.2, 0.25) is 0 Å². The quantitative estimate of drug-likeness (QED) is 0.452. The number of nitrogens with zero attached hydrogens (tertiary/aromatic N) is 2. The standard InChI is InChI=1S/C11H18N4O2S2/c1-12-11(15-19(2,16)17)14-7-8-18-9-10-5-3-4-6-13-10/h3-6H,7-9H2,1-2H3,(H2,12,14,15). The summed E-state index contributed by atoms with van der Waals surface area (Å²) in [6, 6.07) is 5.82. The number of pyridine rings is 1. The van der Waals surface area contributed by atoms with Gasteiger partial charge in [0.15, 0.2) is 0 Å². The van der Waals surface area contributed by atoms with Crippen molar-refractivity contribution in [2.45, 2.75) is 5.75 Å². The summed E-state index contributed by atoms with van der Waals surface area (Å²) in [5.74, 6) is 1.93. The molecule has 0 aliphatic rings. The molecular formula is C11H18N4O2S2. The van der Waals surface area contributed by atoms with Gasteiger partial charge in [-0.3, -0.25) is 14.7 Å². The molecule has 0 amide bonds. The van der Waals surface area contributed by atoms with Gasteiger partial charge in [0.2, 0.25) is 16.0 Å². The molecule has 1 aromatic heterocycles. The van der Waals surface area contributed by atoms with Crippen molar-refractivity contribution in [1.82, 2.24) is 15.0 Å². The highest BCUT2D eigenvalue weighted by Crippen LogP contribution is 2.07. The molecule has 0 saturated heterocycles. The zero-order valence-corrected chi connectivity index (χ0v) is 12.6. The fourth-order valence-electron chi connectivity index (χ4n) is 1.24. The van der Waals surface area contributed by atoms with Crippen molar-refractivity contribution in [3.8, 4) is 0 Å². The average Bonchev–Trinajstić information content (AvgIpc) is 2.37. The van der Waals surface area contributed by atoms with E-state index in [1.807, 2.05) is 18.2 Å². The number of guanidine groups is 1. The first-order valence-corrected chi connectivity index (χ1v) is 8.72. The third kappa shape index (κ3) is 7.68. The van der Waals surface area contributed by atoms with Crippen LogP contribution in [0.15, 0.2) is 29.4 Å². The predicted molar refractivity (Wildman–Crippen MR) is 79.7 cm³/mol. The van der Waals surface area contributed by atoms with Crippen LogP contribution in [-0.2, 0) is 15.8 Å². The highest BCUT2D eigenvalue weighted by molar-refractivity contribution is 7.98. The molecular weight excluding hydrogens is 284 g/mol. The Labute approximate surface area is 118 Å². The van der Waals surface area contributed by atoms with E-state index in [0.717, 1.165) is 23.5 Å². The first-order chi connectivity index (χ1) is 9.01. The summed E-state index contributed by atoms with van der Waals surface area (Å²) in [6.07, 6.45) is 2.86. The minimum Gasteiger partial charge on any atom is -0.355 e. The molecule has 0 aliphatic carbocycles. The van der Waals surface area contributed by atoms with Gasteiger partial charge in [-0.05, 0) is 12.1 Å². The molecule has 19 heavy (non-hydrogen) atoms. The summed E-state index contributed by atoms with van der Waals surface area (Å²) in [6.45, 7) is 0.632. The lowest BCUT2D eigenvalue weighted by molar-refractivity contribution is 0.597. The maximum atomic E-state index is 11.0. The number of aliphatic imine (C=N–C) groups is 1. The van der Waals surface area contributed by atoms with Gasteiger partial charge in [-0.25, -0.2) is 8.42 Å². The molecule has 0 aromatic carbocycles. The van der Waals surface area contributed by atoms with Crippen LogP contribution >= 0.6 is 11.8 Å². The Bertz CT molecular complexity index is 503. The molecule has 2 N–H and O–H groups in total. The van der Waals surface area contributed by atoms with E-state index in [-0.39, 0.29) is 5.96 Å².